The highest BCUT2D eigenvalue weighted by Gasteiger charge is 2.36. The maximum Gasteiger partial charge on any atom is 0.0437 e. The van der Waals surface area contributed by atoms with Crippen LogP contribution in [0.1, 0.15) is 25.0 Å². The summed E-state index contributed by atoms with van der Waals surface area (Å²) >= 11 is 1.95. The summed E-state index contributed by atoms with van der Waals surface area (Å²) in [7, 11) is 0. The maximum absolute atomic E-state index is 2.42. The molecule has 0 fully saturated rings. The second kappa shape index (κ2) is 12.5. The minimum absolute atomic E-state index is 0.00456. The first-order chi connectivity index (χ1) is 29.5. The lowest BCUT2D eigenvalue weighted by molar-refractivity contribution is 0.661. The van der Waals surface area contributed by atoms with Crippen LogP contribution in [-0.4, -0.2) is 0 Å². The van der Waals surface area contributed by atoms with E-state index in [0.29, 0.717) is 0 Å². The third kappa shape index (κ3) is 4.84. The molecule has 1 aromatic heterocycles. The van der Waals surface area contributed by atoms with Crippen LogP contribution in [0.15, 0.2) is 194 Å². The predicted molar refractivity (Wildman–Crippen MR) is 261 cm³/mol. The molecule has 13 rings (SSSR count). The zero-order valence-electron chi connectivity index (χ0n) is 33.4. The van der Waals surface area contributed by atoms with Gasteiger partial charge in [-0.05, 0) is 140 Å². The Morgan fingerprint density at radius 3 is 1.45 bits per heavy atom. The molecular formula is C59H38S. The van der Waals surface area contributed by atoms with Gasteiger partial charge in [-0.2, -0.15) is 0 Å². The van der Waals surface area contributed by atoms with Crippen LogP contribution in [0.2, 0.25) is 0 Å². The lowest BCUT2D eigenvalue weighted by Crippen LogP contribution is -2.14. The fourth-order valence-electron chi connectivity index (χ4n) is 10.6. The first-order valence-electron chi connectivity index (χ1n) is 21.0. The third-order valence-corrected chi connectivity index (χ3v) is 14.8. The molecule has 0 nitrogen and oxygen atoms in total. The summed E-state index contributed by atoms with van der Waals surface area (Å²) in [5.74, 6) is 0. The normalized spacial score (nSPS) is 13.3. The minimum Gasteiger partial charge on any atom is -0.134 e. The van der Waals surface area contributed by atoms with E-state index in [4.69, 9.17) is 0 Å². The van der Waals surface area contributed by atoms with Gasteiger partial charge in [0, 0.05) is 31.2 Å². The van der Waals surface area contributed by atoms with E-state index < -0.39 is 0 Å². The molecule has 11 aromatic carbocycles. The molecule has 12 aromatic rings. The number of fused-ring (bicyclic) bond motifs is 12. The monoisotopic (exact) mass is 778 g/mol. The summed E-state index contributed by atoms with van der Waals surface area (Å²) in [4.78, 5) is 0. The van der Waals surface area contributed by atoms with Gasteiger partial charge in [0.15, 0.2) is 0 Å². The second-order valence-corrected chi connectivity index (χ2v) is 18.3. The van der Waals surface area contributed by atoms with E-state index in [1.165, 1.54) is 130 Å². The van der Waals surface area contributed by atoms with Crippen molar-refractivity contribution in [3.8, 4) is 44.5 Å². The summed E-state index contributed by atoms with van der Waals surface area (Å²) in [6.45, 7) is 4.74. The Morgan fingerprint density at radius 1 is 0.317 bits per heavy atom. The molecule has 60 heavy (non-hydrogen) atoms. The van der Waals surface area contributed by atoms with E-state index in [1.54, 1.807) is 0 Å². The summed E-state index contributed by atoms with van der Waals surface area (Å²) < 4.78 is 2.76. The van der Waals surface area contributed by atoms with Gasteiger partial charge in [0.2, 0.25) is 0 Å². The van der Waals surface area contributed by atoms with Crippen molar-refractivity contribution in [2.24, 2.45) is 0 Å². The van der Waals surface area contributed by atoms with Crippen LogP contribution >= 0.6 is 11.3 Å². The van der Waals surface area contributed by atoms with Crippen LogP contribution < -0.4 is 0 Å². The van der Waals surface area contributed by atoms with Crippen molar-refractivity contribution in [2.75, 3.05) is 0 Å². The van der Waals surface area contributed by atoms with Gasteiger partial charge in [-0.25, -0.2) is 0 Å². The highest BCUT2D eigenvalue weighted by atomic mass is 32.1. The molecule has 1 heteroatoms. The van der Waals surface area contributed by atoms with Gasteiger partial charge in [0.25, 0.3) is 0 Å². The van der Waals surface area contributed by atoms with Crippen LogP contribution in [0, 0.1) is 0 Å². The average Bonchev–Trinajstić information content (AvgIpc) is 3.77. The fraction of sp³-hybridized carbons (Fsp3) is 0.0508. The Balaban J connectivity index is 0.908. The van der Waals surface area contributed by atoms with Crippen molar-refractivity contribution in [2.45, 2.75) is 19.3 Å². The van der Waals surface area contributed by atoms with E-state index in [9.17, 15) is 0 Å². The Kier molecular flexibility index (Phi) is 7.04. The van der Waals surface area contributed by atoms with E-state index in [-0.39, 0.29) is 5.41 Å². The lowest BCUT2D eigenvalue weighted by Gasteiger charge is -2.21. The molecule has 0 spiro atoms. The van der Waals surface area contributed by atoms with Gasteiger partial charge in [-0.3, -0.25) is 0 Å². The summed E-state index contributed by atoms with van der Waals surface area (Å²) in [6.07, 6.45) is 0. The number of benzene rings is 11. The van der Waals surface area contributed by atoms with E-state index in [0.717, 1.165) is 0 Å². The molecule has 0 amide bonds. The first-order valence-corrected chi connectivity index (χ1v) is 21.8. The lowest BCUT2D eigenvalue weighted by atomic mass is 9.82. The molecule has 0 unspecified atom stereocenters. The van der Waals surface area contributed by atoms with Crippen LogP contribution in [-0.2, 0) is 5.41 Å². The molecule has 0 radical (unpaired) electrons. The van der Waals surface area contributed by atoms with E-state index in [2.05, 4.69) is 208 Å². The number of hydrogen-bond donors (Lipinski definition) is 0. The Hall–Kier alpha value is -7.06. The highest BCUT2D eigenvalue weighted by molar-refractivity contribution is 7.26. The number of hydrogen-bond acceptors (Lipinski definition) is 1. The predicted octanol–water partition coefficient (Wildman–Crippen LogP) is 17.1. The maximum atomic E-state index is 2.42. The molecule has 1 aliphatic rings. The van der Waals surface area contributed by atoms with Crippen molar-refractivity contribution in [1.82, 2.24) is 0 Å². The minimum atomic E-state index is 0.00456. The summed E-state index contributed by atoms with van der Waals surface area (Å²) in [5, 5.41) is 15.4. The zero-order chi connectivity index (χ0) is 39.7. The van der Waals surface area contributed by atoms with Crippen LogP contribution in [0.3, 0.4) is 0 Å². The molecule has 0 saturated carbocycles. The standard InChI is InChI=1S/C59H38S/c1-59(2)52-18-10-9-17-50(52)57-53(59)28-27-49-51-33-41-23-22-40(32-44(41)34-54(51)60-58(49)57)37-20-21-39-31-43(26-24-38(39)29-37)56-47-15-7-5-13-45(47)55(46-14-6-8-16-48(46)56)42-25-19-35-11-3-4-12-36(35)30-42/h3-34H,1-2H3. The quantitative estimate of drug-likeness (QED) is 0.157. The van der Waals surface area contributed by atoms with E-state index in [1.807, 2.05) is 11.3 Å². The van der Waals surface area contributed by atoms with Crippen LogP contribution in [0.25, 0.3) is 119 Å². The van der Waals surface area contributed by atoms with Crippen molar-refractivity contribution < 1.29 is 0 Å². The smallest absolute Gasteiger partial charge is 0.0437 e. The Labute approximate surface area is 352 Å². The Morgan fingerprint density at radius 2 is 0.800 bits per heavy atom. The molecule has 0 atom stereocenters. The molecule has 1 heterocycles. The van der Waals surface area contributed by atoms with Gasteiger partial charge in [0.1, 0.15) is 0 Å². The molecule has 0 bridgehead atoms. The van der Waals surface area contributed by atoms with Gasteiger partial charge in [-0.1, -0.05) is 172 Å². The van der Waals surface area contributed by atoms with E-state index >= 15 is 0 Å². The van der Waals surface area contributed by atoms with Crippen molar-refractivity contribution in [3.63, 3.8) is 0 Å². The summed E-state index contributed by atoms with van der Waals surface area (Å²) in [6, 6.07) is 73.0. The highest BCUT2D eigenvalue weighted by Crippen LogP contribution is 2.54. The largest absolute Gasteiger partial charge is 0.134 e. The molecule has 1 aliphatic carbocycles. The molecular weight excluding hydrogens is 741 g/mol. The van der Waals surface area contributed by atoms with Crippen molar-refractivity contribution in [1.29, 1.82) is 0 Å². The second-order valence-electron chi connectivity index (χ2n) is 17.2. The topological polar surface area (TPSA) is 0 Å². The fourth-order valence-corrected chi connectivity index (χ4v) is 11.9. The third-order valence-electron chi connectivity index (χ3n) is 13.6. The molecule has 0 N–H and O–H groups in total. The van der Waals surface area contributed by atoms with Gasteiger partial charge in [0.05, 0.1) is 0 Å². The Bertz CT molecular complexity index is 3750. The SMILES string of the molecule is CC1(C)c2ccccc2-c2c1ccc1c2sc2cc3cc(-c4ccc5cc(-c6c7ccccc7c(-c7ccc8ccccc8c7)c7ccccc67)ccc5c4)ccc3cc21. The molecule has 280 valence electrons. The number of thiophene rings is 1. The average molecular weight is 779 g/mol. The van der Waals surface area contributed by atoms with Gasteiger partial charge in [-0.15, -0.1) is 11.3 Å². The van der Waals surface area contributed by atoms with Crippen LogP contribution in [0.5, 0.6) is 0 Å². The van der Waals surface area contributed by atoms with Gasteiger partial charge >= 0.3 is 0 Å². The summed E-state index contributed by atoms with van der Waals surface area (Å²) in [5.41, 5.74) is 13.2. The molecule has 0 aliphatic heterocycles. The van der Waals surface area contributed by atoms with Crippen molar-refractivity contribution in [3.05, 3.63) is 205 Å². The van der Waals surface area contributed by atoms with Gasteiger partial charge < -0.3 is 0 Å². The number of rotatable bonds is 3. The first kappa shape index (κ1) is 33.9. The molecule has 0 saturated heterocycles. The van der Waals surface area contributed by atoms with Crippen molar-refractivity contribution >= 4 is 85.4 Å². The van der Waals surface area contributed by atoms with Crippen LogP contribution in [0.4, 0.5) is 0 Å². The zero-order valence-corrected chi connectivity index (χ0v) is 34.2.